The molecular formula is C21H20F2N6O. The molecule has 1 atom stereocenters. The normalized spacial score (nSPS) is 18.6. The van der Waals surface area contributed by atoms with Crippen molar-refractivity contribution in [2.75, 3.05) is 18.0 Å². The van der Waals surface area contributed by atoms with Gasteiger partial charge in [-0.2, -0.15) is 14.0 Å². The summed E-state index contributed by atoms with van der Waals surface area (Å²) in [7, 11) is 0. The topological polar surface area (TPSA) is 79.9 Å². The third-order valence-electron chi connectivity index (χ3n) is 5.90. The van der Waals surface area contributed by atoms with E-state index in [1.807, 2.05) is 0 Å². The minimum atomic E-state index is -2.91. The van der Waals surface area contributed by atoms with E-state index in [1.165, 1.54) is 6.07 Å². The highest BCUT2D eigenvalue weighted by atomic mass is 19.3. The van der Waals surface area contributed by atoms with Crippen LogP contribution in [-0.4, -0.2) is 39.4 Å². The second-order valence-electron chi connectivity index (χ2n) is 7.70. The van der Waals surface area contributed by atoms with Gasteiger partial charge in [0.05, 0.1) is 16.8 Å². The molecule has 154 valence electrons. The number of pyridine rings is 1. The van der Waals surface area contributed by atoms with Crippen LogP contribution in [-0.2, 0) is 13.0 Å². The molecule has 1 unspecified atom stereocenters. The lowest BCUT2D eigenvalue weighted by Crippen LogP contribution is -2.36. The highest BCUT2D eigenvalue weighted by molar-refractivity contribution is 5.95. The summed E-state index contributed by atoms with van der Waals surface area (Å²) in [6.45, 7) is -0.506. The molecule has 1 fully saturated rings. The molecule has 0 bridgehead atoms. The number of nitrogens with zero attached hydrogens (tertiary/aromatic N) is 6. The molecule has 0 spiro atoms. The molecule has 0 amide bonds. The maximum absolute atomic E-state index is 12.7. The molecule has 7 nitrogen and oxygen atoms in total. The molecule has 2 aromatic heterocycles. The number of fused-ring (bicyclic) bond motifs is 2. The molecule has 0 radical (unpaired) electrons. The summed E-state index contributed by atoms with van der Waals surface area (Å²) >= 11 is 0. The van der Waals surface area contributed by atoms with E-state index in [9.17, 15) is 14.0 Å². The van der Waals surface area contributed by atoms with Crippen molar-refractivity contribution in [3.63, 3.8) is 0 Å². The van der Waals surface area contributed by atoms with Gasteiger partial charge in [-0.25, -0.2) is 0 Å². The molecule has 2 aliphatic heterocycles. The Labute approximate surface area is 171 Å². The predicted molar refractivity (Wildman–Crippen MR) is 106 cm³/mol. The molecule has 0 aliphatic carbocycles. The lowest BCUT2D eigenvalue weighted by molar-refractivity contribution is -0.0497. The largest absolute Gasteiger partial charge is 0.435 e. The van der Waals surface area contributed by atoms with Gasteiger partial charge in [-0.3, -0.25) is 4.98 Å². The van der Waals surface area contributed by atoms with Gasteiger partial charge in [0.15, 0.2) is 0 Å². The minimum absolute atomic E-state index is 0.0551. The van der Waals surface area contributed by atoms with Gasteiger partial charge in [0.2, 0.25) is 0 Å². The average molecular weight is 410 g/mol. The number of halogens is 2. The number of alkyl halides is 2. The zero-order chi connectivity index (χ0) is 20.7. The number of nitriles is 1. The summed E-state index contributed by atoms with van der Waals surface area (Å²) < 4.78 is 32.3. The van der Waals surface area contributed by atoms with Crippen molar-refractivity contribution in [1.29, 1.82) is 5.26 Å². The zero-order valence-electron chi connectivity index (χ0n) is 16.3. The summed E-state index contributed by atoms with van der Waals surface area (Å²) in [6.07, 6.45) is 5.54. The van der Waals surface area contributed by atoms with Crippen LogP contribution in [0.3, 0.4) is 0 Å². The van der Waals surface area contributed by atoms with E-state index in [4.69, 9.17) is 0 Å². The fourth-order valence-corrected chi connectivity index (χ4v) is 4.62. The summed E-state index contributed by atoms with van der Waals surface area (Å²) in [5.74, 6) is 2.31. The first kappa shape index (κ1) is 18.7. The van der Waals surface area contributed by atoms with Crippen molar-refractivity contribution in [3.05, 3.63) is 41.6 Å². The van der Waals surface area contributed by atoms with Crippen LogP contribution in [0.4, 0.5) is 14.5 Å². The van der Waals surface area contributed by atoms with Crippen molar-refractivity contribution in [2.24, 2.45) is 0 Å². The zero-order valence-corrected chi connectivity index (χ0v) is 16.3. The van der Waals surface area contributed by atoms with E-state index in [2.05, 4.69) is 35.5 Å². The van der Waals surface area contributed by atoms with Gasteiger partial charge < -0.3 is 14.2 Å². The van der Waals surface area contributed by atoms with E-state index >= 15 is 0 Å². The van der Waals surface area contributed by atoms with Crippen LogP contribution in [0.15, 0.2) is 24.4 Å². The average Bonchev–Trinajstić information content (AvgIpc) is 3.36. The summed E-state index contributed by atoms with van der Waals surface area (Å²) in [5, 5.41) is 19.1. The molecule has 1 saturated heterocycles. The van der Waals surface area contributed by atoms with E-state index in [-0.39, 0.29) is 11.7 Å². The van der Waals surface area contributed by atoms with Gasteiger partial charge in [0, 0.05) is 43.6 Å². The third-order valence-corrected chi connectivity index (χ3v) is 5.90. The van der Waals surface area contributed by atoms with Crippen LogP contribution in [0.2, 0.25) is 0 Å². The standard InChI is InChI=1S/C21H20F2N6O/c22-21(23)30-15-5-6-17-16(9-15)19(14(10-24)11-25-17)28-7-1-3-13(12-28)20-27-26-18-4-2-8-29(18)20/h5-6,9,11,13,21H,1-4,7-8,12H2. The number of ether oxygens (including phenoxy) is 1. The van der Waals surface area contributed by atoms with Crippen LogP contribution in [0.25, 0.3) is 10.9 Å². The molecule has 5 rings (SSSR count). The van der Waals surface area contributed by atoms with Gasteiger partial charge in [-0.05, 0) is 37.5 Å². The summed E-state index contributed by atoms with van der Waals surface area (Å²) in [5.41, 5.74) is 1.77. The lowest BCUT2D eigenvalue weighted by Gasteiger charge is -2.35. The fraction of sp³-hybridized carbons (Fsp3) is 0.429. The molecule has 3 aromatic rings. The number of rotatable bonds is 4. The Kier molecular flexibility index (Phi) is 4.69. The minimum Gasteiger partial charge on any atom is -0.435 e. The molecule has 9 heteroatoms. The number of aryl methyl sites for hydroxylation is 1. The Balaban J connectivity index is 1.54. The molecule has 1 aromatic carbocycles. The number of benzene rings is 1. The smallest absolute Gasteiger partial charge is 0.387 e. The van der Waals surface area contributed by atoms with Crippen molar-refractivity contribution >= 4 is 16.6 Å². The lowest BCUT2D eigenvalue weighted by atomic mass is 9.95. The van der Waals surface area contributed by atoms with Gasteiger partial charge in [-0.15, -0.1) is 10.2 Å². The van der Waals surface area contributed by atoms with Crippen molar-refractivity contribution < 1.29 is 13.5 Å². The van der Waals surface area contributed by atoms with E-state index in [0.717, 1.165) is 50.4 Å². The Bertz CT molecular complexity index is 1140. The summed E-state index contributed by atoms with van der Waals surface area (Å²) in [6, 6.07) is 6.87. The Morgan fingerprint density at radius 1 is 1.20 bits per heavy atom. The van der Waals surface area contributed by atoms with Crippen molar-refractivity contribution in [2.45, 2.75) is 44.8 Å². The SMILES string of the molecule is N#Cc1cnc2ccc(OC(F)F)cc2c1N1CCCC(c2nnc3n2CCC3)C1. The first-order valence-electron chi connectivity index (χ1n) is 10.1. The monoisotopic (exact) mass is 410 g/mol. The number of anilines is 1. The van der Waals surface area contributed by atoms with Crippen LogP contribution in [0.1, 0.15) is 42.4 Å². The third kappa shape index (κ3) is 3.22. The Morgan fingerprint density at radius 3 is 2.93 bits per heavy atom. The Hall–Kier alpha value is -3.28. The number of piperidine rings is 1. The first-order chi connectivity index (χ1) is 14.6. The van der Waals surface area contributed by atoms with Crippen LogP contribution in [0.5, 0.6) is 5.75 Å². The maximum atomic E-state index is 12.7. The maximum Gasteiger partial charge on any atom is 0.387 e. The van der Waals surface area contributed by atoms with Gasteiger partial charge in [0.1, 0.15) is 23.5 Å². The summed E-state index contributed by atoms with van der Waals surface area (Å²) in [4.78, 5) is 6.48. The second kappa shape index (κ2) is 7.52. The highest BCUT2D eigenvalue weighted by Crippen LogP contribution is 2.37. The fourth-order valence-electron chi connectivity index (χ4n) is 4.62. The van der Waals surface area contributed by atoms with Gasteiger partial charge in [-0.1, -0.05) is 0 Å². The molecular weight excluding hydrogens is 390 g/mol. The van der Waals surface area contributed by atoms with E-state index in [0.29, 0.717) is 28.7 Å². The number of hydrogen-bond donors (Lipinski definition) is 0. The Morgan fingerprint density at radius 2 is 2.10 bits per heavy atom. The molecule has 0 N–H and O–H groups in total. The van der Waals surface area contributed by atoms with E-state index in [1.54, 1.807) is 18.3 Å². The molecule has 4 heterocycles. The van der Waals surface area contributed by atoms with Crippen molar-refractivity contribution in [3.8, 4) is 11.8 Å². The highest BCUT2D eigenvalue weighted by Gasteiger charge is 2.30. The first-order valence-corrected chi connectivity index (χ1v) is 10.1. The number of hydrogen-bond acceptors (Lipinski definition) is 6. The van der Waals surface area contributed by atoms with Gasteiger partial charge in [0.25, 0.3) is 0 Å². The van der Waals surface area contributed by atoms with Crippen molar-refractivity contribution in [1.82, 2.24) is 19.7 Å². The molecule has 0 saturated carbocycles. The quantitative estimate of drug-likeness (QED) is 0.654. The van der Waals surface area contributed by atoms with Crippen LogP contribution in [0, 0.1) is 11.3 Å². The predicted octanol–water partition coefficient (Wildman–Crippen LogP) is 3.63. The second-order valence-corrected chi connectivity index (χ2v) is 7.70. The van der Waals surface area contributed by atoms with Crippen LogP contribution < -0.4 is 9.64 Å². The molecule has 30 heavy (non-hydrogen) atoms. The van der Waals surface area contributed by atoms with E-state index < -0.39 is 6.61 Å². The molecule has 2 aliphatic rings. The van der Waals surface area contributed by atoms with Crippen LogP contribution >= 0.6 is 0 Å². The number of aromatic nitrogens is 4. The van der Waals surface area contributed by atoms with Gasteiger partial charge >= 0.3 is 6.61 Å².